The zero-order valence-corrected chi connectivity index (χ0v) is 15.3. The van der Waals surface area contributed by atoms with Crippen LogP contribution in [0.15, 0.2) is 54.2 Å². The lowest BCUT2D eigenvalue weighted by Gasteiger charge is -2.21. The Morgan fingerprint density at radius 3 is 2.23 bits per heavy atom. The van der Waals surface area contributed by atoms with Crippen LogP contribution in [0.25, 0.3) is 6.08 Å². The average molecular weight is 354 g/mol. The van der Waals surface area contributed by atoms with Crippen molar-refractivity contribution < 1.29 is 14.0 Å². The summed E-state index contributed by atoms with van der Waals surface area (Å²) in [4.78, 5) is 26.9. The predicted molar refractivity (Wildman–Crippen MR) is 101 cm³/mol. The third kappa shape index (κ3) is 4.79. The number of hydrogen-bond donors (Lipinski definition) is 1. The van der Waals surface area contributed by atoms with Crippen molar-refractivity contribution in [2.45, 2.75) is 20.8 Å². The fraction of sp³-hybridized carbons (Fsp3) is 0.238. The van der Waals surface area contributed by atoms with Gasteiger partial charge in [0, 0.05) is 24.2 Å². The molecule has 1 N–H and O–H groups in total. The number of nitrogens with zero attached hydrogens (tertiary/aromatic N) is 1. The molecule has 2 aromatic rings. The Bertz CT molecular complexity index is 809. The van der Waals surface area contributed by atoms with E-state index in [9.17, 15) is 14.0 Å². The number of rotatable bonds is 6. The van der Waals surface area contributed by atoms with Crippen LogP contribution < -0.4 is 5.32 Å². The molecular weight excluding hydrogens is 331 g/mol. The molecule has 26 heavy (non-hydrogen) atoms. The zero-order chi connectivity index (χ0) is 19.1. The highest BCUT2D eigenvalue weighted by Crippen LogP contribution is 2.13. The molecular formula is C21H23FN2O2. The molecule has 0 spiro atoms. The summed E-state index contributed by atoms with van der Waals surface area (Å²) in [7, 11) is 0. The fourth-order valence-corrected chi connectivity index (χ4v) is 2.48. The normalized spacial score (nSPS) is 11.2. The van der Waals surface area contributed by atoms with E-state index in [0.29, 0.717) is 18.7 Å². The van der Waals surface area contributed by atoms with Crippen LogP contribution >= 0.6 is 0 Å². The standard InChI is InChI=1S/C21H23FN2O2/c1-4-24(5-2)21(26)19(14-17-8-6-7-9-18(17)22)23-20(25)16-12-10-15(3)11-13-16/h6-14H,4-5H2,1-3H3,(H,23,25). The Morgan fingerprint density at radius 1 is 1.04 bits per heavy atom. The number of nitrogens with one attached hydrogen (secondary N) is 1. The molecule has 2 amide bonds. The lowest BCUT2D eigenvalue weighted by atomic mass is 10.1. The van der Waals surface area contributed by atoms with Crippen molar-refractivity contribution in [3.63, 3.8) is 0 Å². The molecule has 0 radical (unpaired) electrons. The molecule has 0 bridgehead atoms. The molecule has 2 aromatic carbocycles. The maximum atomic E-state index is 14.0. The lowest BCUT2D eigenvalue weighted by molar-refractivity contribution is -0.127. The smallest absolute Gasteiger partial charge is 0.270 e. The summed E-state index contributed by atoms with van der Waals surface area (Å²) in [5.41, 5.74) is 1.75. The van der Waals surface area contributed by atoms with E-state index >= 15 is 0 Å². The molecule has 0 aliphatic heterocycles. The van der Waals surface area contributed by atoms with E-state index in [-0.39, 0.29) is 17.2 Å². The van der Waals surface area contributed by atoms with Gasteiger partial charge in [0.2, 0.25) is 0 Å². The molecule has 0 saturated heterocycles. The van der Waals surface area contributed by atoms with Crippen molar-refractivity contribution in [2.75, 3.05) is 13.1 Å². The summed E-state index contributed by atoms with van der Waals surface area (Å²) in [6.45, 7) is 6.61. The highest BCUT2D eigenvalue weighted by atomic mass is 19.1. The van der Waals surface area contributed by atoms with Gasteiger partial charge in [0.1, 0.15) is 11.5 Å². The van der Waals surface area contributed by atoms with Gasteiger partial charge in [-0.25, -0.2) is 4.39 Å². The molecule has 0 aliphatic rings. The van der Waals surface area contributed by atoms with Crippen LogP contribution in [0.1, 0.15) is 35.3 Å². The summed E-state index contributed by atoms with van der Waals surface area (Å²) < 4.78 is 14.0. The van der Waals surface area contributed by atoms with E-state index in [1.165, 1.54) is 12.1 Å². The third-order valence-corrected chi connectivity index (χ3v) is 4.05. The second-order valence-electron chi connectivity index (χ2n) is 5.88. The van der Waals surface area contributed by atoms with Gasteiger partial charge >= 0.3 is 0 Å². The summed E-state index contributed by atoms with van der Waals surface area (Å²) in [6.07, 6.45) is 1.38. The Labute approximate surface area is 153 Å². The molecule has 0 saturated carbocycles. The van der Waals surface area contributed by atoms with Crippen molar-refractivity contribution in [1.29, 1.82) is 0 Å². The number of amides is 2. The van der Waals surface area contributed by atoms with E-state index < -0.39 is 11.7 Å². The van der Waals surface area contributed by atoms with Gasteiger partial charge in [-0.05, 0) is 45.0 Å². The number of carbonyl (C=O) groups excluding carboxylic acids is 2. The first-order valence-corrected chi connectivity index (χ1v) is 8.59. The third-order valence-electron chi connectivity index (χ3n) is 4.05. The van der Waals surface area contributed by atoms with Gasteiger partial charge in [0.25, 0.3) is 11.8 Å². The van der Waals surface area contributed by atoms with Crippen LogP contribution in [0.5, 0.6) is 0 Å². The largest absolute Gasteiger partial charge is 0.338 e. The number of aryl methyl sites for hydroxylation is 1. The van der Waals surface area contributed by atoms with Crippen molar-refractivity contribution in [1.82, 2.24) is 10.2 Å². The molecule has 0 heterocycles. The van der Waals surface area contributed by atoms with Gasteiger partial charge < -0.3 is 10.2 Å². The van der Waals surface area contributed by atoms with Gasteiger partial charge in [-0.1, -0.05) is 35.9 Å². The van der Waals surface area contributed by atoms with E-state index in [2.05, 4.69) is 5.32 Å². The van der Waals surface area contributed by atoms with E-state index in [1.54, 1.807) is 35.2 Å². The Morgan fingerprint density at radius 2 is 1.65 bits per heavy atom. The van der Waals surface area contributed by atoms with Crippen molar-refractivity contribution >= 4 is 17.9 Å². The molecule has 136 valence electrons. The monoisotopic (exact) mass is 354 g/mol. The highest BCUT2D eigenvalue weighted by Gasteiger charge is 2.19. The SMILES string of the molecule is CCN(CC)C(=O)C(=Cc1ccccc1F)NC(=O)c1ccc(C)cc1. The minimum atomic E-state index is -0.457. The first kappa shape index (κ1) is 19.4. The highest BCUT2D eigenvalue weighted by molar-refractivity contribution is 6.05. The van der Waals surface area contributed by atoms with Gasteiger partial charge in [-0.3, -0.25) is 9.59 Å². The number of hydrogen-bond acceptors (Lipinski definition) is 2. The van der Waals surface area contributed by atoms with Crippen LogP contribution in [0.4, 0.5) is 4.39 Å². The minimum Gasteiger partial charge on any atom is -0.338 e. The van der Waals surface area contributed by atoms with Gasteiger partial charge in [0.05, 0.1) is 0 Å². The second kappa shape index (κ2) is 8.94. The molecule has 0 aliphatic carbocycles. The van der Waals surface area contributed by atoms with Crippen LogP contribution in [-0.4, -0.2) is 29.8 Å². The number of benzene rings is 2. The fourth-order valence-electron chi connectivity index (χ4n) is 2.48. The average Bonchev–Trinajstić information content (AvgIpc) is 2.64. The molecule has 2 rings (SSSR count). The van der Waals surface area contributed by atoms with Gasteiger partial charge in [-0.2, -0.15) is 0 Å². The maximum Gasteiger partial charge on any atom is 0.270 e. The van der Waals surface area contributed by atoms with Gasteiger partial charge in [-0.15, -0.1) is 0 Å². The molecule has 0 aromatic heterocycles. The van der Waals surface area contributed by atoms with E-state index in [0.717, 1.165) is 5.56 Å². The number of carbonyl (C=O) groups is 2. The van der Waals surface area contributed by atoms with Gasteiger partial charge in [0.15, 0.2) is 0 Å². The summed E-state index contributed by atoms with van der Waals surface area (Å²) in [5, 5.41) is 2.64. The molecule has 5 heteroatoms. The number of halogens is 1. The quantitative estimate of drug-likeness (QED) is 0.803. The van der Waals surface area contributed by atoms with Crippen LogP contribution in [-0.2, 0) is 4.79 Å². The maximum absolute atomic E-state index is 14.0. The zero-order valence-electron chi connectivity index (χ0n) is 15.3. The van der Waals surface area contributed by atoms with Crippen LogP contribution in [0, 0.1) is 12.7 Å². The summed E-state index contributed by atoms with van der Waals surface area (Å²) in [5.74, 6) is -1.21. The first-order chi connectivity index (χ1) is 12.5. The molecule has 0 unspecified atom stereocenters. The number of likely N-dealkylation sites (N-methyl/N-ethyl adjacent to an activating group) is 1. The second-order valence-corrected chi connectivity index (χ2v) is 5.88. The first-order valence-electron chi connectivity index (χ1n) is 8.59. The topological polar surface area (TPSA) is 49.4 Å². The van der Waals surface area contributed by atoms with Crippen molar-refractivity contribution in [3.05, 3.63) is 76.7 Å². The lowest BCUT2D eigenvalue weighted by Crippen LogP contribution is -2.38. The molecule has 0 atom stereocenters. The van der Waals surface area contributed by atoms with Crippen molar-refractivity contribution in [3.8, 4) is 0 Å². The Kier molecular flexibility index (Phi) is 6.67. The molecule has 0 fully saturated rings. The van der Waals surface area contributed by atoms with Crippen LogP contribution in [0.2, 0.25) is 0 Å². The molecule has 4 nitrogen and oxygen atoms in total. The summed E-state index contributed by atoms with van der Waals surface area (Å²) in [6, 6.07) is 13.1. The predicted octanol–water partition coefficient (Wildman–Crippen LogP) is 3.77. The van der Waals surface area contributed by atoms with Crippen LogP contribution in [0.3, 0.4) is 0 Å². The minimum absolute atomic E-state index is 0.0457. The van der Waals surface area contributed by atoms with E-state index in [1.807, 2.05) is 32.9 Å². The van der Waals surface area contributed by atoms with Crippen molar-refractivity contribution in [2.24, 2.45) is 0 Å². The van der Waals surface area contributed by atoms with E-state index in [4.69, 9.17) is 0 Å². The Hall–Kier alpha value is -2.95. The summed E-state index contributed by atoms with van der Waals surface area (Å²) >= 11 is 0. The Balaban J connectivity index is 2.37.